The van der Waals surface area contributed by atoms with Crippen molar-refractivity contribution in [3.8, 4) is 11.3 Å². The normalized spacial score (nSPS) is 11.5. The van der Waals surface area contributed by atoms with E-state index in [1.807, 2.05) is 23.6 Å². The maximum Gasteiger partial charge on any atom is 0.283 e. The van der Waals surface area contributed by atoms with Crippen molar-refractivity contribution in [2.75, 3.05) is 0 Å². The summed E-state index contributed by atoms with van der Waals surface area (Å²) in [6.45, 7) is 0. The highest BCUT2D eigenvalue weighted by Gasteiger charge is 2.14. The first-order valence-corrected chi connectivity index (χ1v) is 8.31. The van der Waals surface area contributed by atoms with Gasteiger partial charge in [-0.1, -0.05) is 23.7 Å². The van der Waals surface area contributed by atoms with Crippen LogP contribution in [0.1, 0.15) is 5.56 Å². The molecule has 7 heteroatoms. The van der Waals surface area contributed by atoms with E-state index < -0.39 is 0 Å². The lowest BCUT2D eigenvalue weighted by Gasteiger charge is -1.99. The van der Waals surface area contributed by atoms with E-state index in [4.69, 9.17) is 16.0 Å². The van der Waals surface area contributed by atoms with Crippen LogP contribution in [0.5, 0.6) is 0 Å². The molecule has 3 heterocycles. The SMILES string of the molecule is O=c1c2c(-c3ccco3)csc2ncn1/N=C\c1cccc(Cl)c1. The van der Waals surface area contributed by atoms with Gasteiger partial charge < -0.3 is 4.42 Å². The Morgan fingerprint density at radius 3 is 3.00 bits per heavy atom. The molecular formula is C17H10ClN3O2S. The van der Waals surface area contributed by atoms with E-state index in [-0.39, 0.29) is 5.56 Å². The van der Waals surface area contributed by atoms with Gasteiger partial charge in [0.1, 0.15) is 16.9 Å². The van der Waals surface area contributed by atoms with Crippen molar-refractivity contribution in [3.63, 3.8) is 0 Å². The number of furan rings is 1. The zero-order valence-corrected chi connectivity index (χ0v) is 13.8. The molecule has 0 aliphatic heterocycles. The molecule has 3 aromatic heterocycles. The van der Waals surface area contributed by atoms with Crippen LogP contribution in [0.3, 0.4) is 0 Å². The van der Waals surface area contributed by atoms with Gasteiger partial charge in [-0.15, -0.1) is 11.3 Å². The van der Waals surface area contributed by atoms with Crippen molar-refractivity contribution in [2.24, 2.45) is 5.10 Å². The molecule has 0 unspecified atom stereocenters. The molecule has 0 aliphatic rings. The Morgan fingerprint density at radius 2 is 2.21 bits per heavy atom. The summed E-state index contributed by atoms with van der Waals surface area (Å²) in [5.74, 6) is 0.636. The first kappa shape index (κ1) is 14.9. The van der Waals surface area contributed by atoms with Gasteiger partial charge >= 0.3 is 0 Å². The maximum absolute atomic E-state index is 12.7. The number of nitrogens with zero attached hydrogens (tertiary/aromatic N) is 3. The van der Waals surface area contributed by atoms with Crippen LogP contribution < -0.4 is 5.56 Å². The fourth-order valence-corrected chi connectivity index (χ4v) is 3.42. The van der Waals surface area contributed by atoms with Crippen molar-refractivity contribution < 1.29 is 4.42 Å². The van der Waals surface area contributed by atoms with Crippen molar-refractivity contribution >= 4 is 39.4 Å². The summed E-state index contributed by atoms with van der Waals surface area (Å²) in [5.41, 5.74) is 1.28. The lowest BCUT2D eigenvalue weighted by molar-refractivity contribution is 0.583. The molecule has 0 aliphatic carbocycles. The van der Waals surface area contributed by atoms with E-state index in [9.17, 15) is 4.79 Å². The molecule has 0 saturated heterocycles. The summed E-state index contributed by atoms with van der Waals surface area (Å²) < 4.78 is 6.61. The molecule has 4 aromatic rings. The van der Waals surface area contributed by atoms with E-state index in [0.29, 0.717) is 21.0 Å². The third-order valence-corrected chi connectivity index (χ3v) is 4.57. The van der Waals surface area contributed by atoms with Gasteiger partial charge in [0.2, 0.25) is 0 Å². The molecule has 0 bridgehead atoms. The molecule has 5 nitrogen and oxygen atoms in total. The van der Waals surface area contributed by atoms with E-state index in [1.165, 1.54) is 22.3 Å². The highest BCUT2D eigenvalue weighted by Crippen LogP contribution is 2.30. The molecule has 0 amide bonds. The molecular weight excluding hydrogens is 346 g/mol. The second-order valence-electron chi connectivity index (χ2n) is 5.00. The molecule has 0 spiro atoms. The first-order chi connectivity index (χ1) is 11.7. The topological polar surface area (TPSA) is 60.4 Å². The van der Waals surface area contributed by atoms with Crippen LogP contribution >= 0.6 is 22.9 Å². The van der Waals surface area contributed by atoms with E-state index in [2.05, 4.69) is 10.1 Å². The summed E-state index contributed by atoms with van der Waals surface area (Å²) >= 11 is 7.35. The fraction of sp³-hybridized carbons (Fsp3) is 0. The molecule has 0 fully saturated rings. The molecule has 0 saturated carbocycles. The number of fused-ring (bicyclic) bond motifs is 1. The second-order valence-corrected chi connectivity index (χ2v) is 6.30. The Morgan fingerprint density at radius 1 is 1.29 bits per heavy atom. The number of rotatable bonds is 3. The van der Waals surface area contributed by atoms with Crippen molar-refractivity contribution in [2.45, 2.75) is 0 Å². The minimum atomic E-state index is -0.245. The second kappa shape index (κ2) is 6.07. The molecule has 24 heavy (non-hydrogen) atoms. The summed E-state index contributed by atoms with van der Waals surface area (Å²) in [6, 6.07) is 10.8. The molecule has 4 rings (SSSR count). The van der Waals surface area contributed by atoms with Crippen molar-refractivity contribution in [1.82, 2.24) is 9.66 Å². The lowest BCUT2D eigenvalue weighted by Crippen LogP contribution is -2.16. The van der Waals surface area contributed by atoms with Gasteiger partial charge in [-0.3, -0.25) is 4.79 Å². The zero-order chi connectivity index (χ0) is 16.5. The predicted molar refractivity (Wildman–Crippen MR) is 96.0 cm³/mol. The fourth-order valence-electron chi connectivity index (χ4n) is 2.33. The summed E-state index contributed by atoms with van der Waals surface area (Å²) in [4.78, 5) is 17.7. The van der Waals surface area contributed by atoms with Crippen LogP contribution in [0.4, 0.5) is 0 Å². The van der Waals surface area contributed by atoms with Gasteiger partial charge in [-0.2, -0.15) is 9.78 Å². The van der Waals surface area contributed by atoms with Crippen molar-refractivity contribution in [3.05, 3.63) is 75.3 Å². The predicted octanol–water partition coefficient (Wildman–Crippen LogP) is 4.25. The van der Waals surface area contributed by atoms with Crippen LogP contribution in [0.15, 0.2) is 68.7 Å². The average molecular weight is 356 g/mol. The van der Waals surface area contributed by atoms with Gasteiger partial charge in [0.05, 0.1) is 17.9 Å². The maximum atomic E-state index is 12.7. The van der Waals surface area contributed by atoms with Crippen LogP contribution in [-0.2, 0) is 0 Å². The van der Waals surface area contributed by atoms with E-state index >= 15 is 0 Å². The molecule has 0 N–H and O–H groups in total. The monoisotopic (exact) mass is 355 g/mol. The molecule has 0 atom stereocenters. The van der Waals surface area contributed by atoms with E-state index in [0.717, 1.165) is 11.1 Å². The molecule has 118 valence electrons. The Labute approximate surface area is 145 Å². The van der Waals surface area contributed by atoms with Crippen LogP contribution in [-0.4, -0.2) is 15.9 Å². The number of hydrogen-bond acceptors (Lipinski definition) is 5. The zero-order valence-electron chi connectivity index (χ0n) is 12.2. The largest absolute Gasteiger partial charge is 0.464 e. The highest BCUT2D eigenvalue weighted by atomic mass is 35.5. The Kier molecular flexibility index (Phi) is 3.76. The van der Waals surface area contributed by atoms with Gasteiger partial charge in [0.15, 0.2) is 0 Å². The van der Waals surface area contributed by atoms with Crippen molar-refractivity contribution in [1.29, 1.82) is 0 Å². The molecule has 1 aromatic carbocycles. The minimum absolute atomic E-state index is 0.245. The van der Waals surface area contributed by atoms with Gasteiger partial charge in [0.25, 0.3) is 5.56 Å². The molecule has 0 radical (unpaired) electrons. The average Bonchev–Trinajstić information content (AvgIpc) is 3.23. The Hall–Kier alpha value is -2.70. The Bertz CT molecular complexity index is 1100. The number of aromatic nitrogens is 2. The number of benzene rings is 1. The quantitative estimate of drug-likeness (QED) is 0.516. The van der Waals surface area contributed by atoms with E-state index in [1.54, 1.807) is 30.7 Å². The smallest absolute Gasteiger partial charge is 0.283 e. The Balaban J connectivity index is 1.81. The van der Waals surface area contributed by atoms with Gasteiger partial charge in [-0.25, -0.2) is 4.98 Å². The third kappa shape index (κ3) is 2.66. The summed E-state index contributed by atoms with van der Waals surface area (Å²) in [6.07, 6.45) is 4.55. The number of thiophene rings is 1. The standard InChI is InChI=1S/C17H10ClN3O2S/c18-12-4-1-3-11(7-12)8-20-21-10-19-16-15(17(21)22)13(9-24-16)14-5-2-6-23-14/h1-10H/b20-8-. The van der Waals surface area contributed by atoms with Crippen LogP contribution in [0.2, 0.25) is 5.02 Å². The minimum Gasteiger partial charge on any atom is -0.464 e. The summed E-state index contributed by atoms with van der Waals surface area (Å²) in [7, 11) is 0. The third-order valence-electron chi connectivity index (χ3n) is 3.44. The first-order valence-electron chi connectivity index (χ1n) is 7.05. The number of halogens is 1. The number of hydrogen-bond donors (Lipinski definition) is 0. The van der Waals surface area contributed by atoms with Gasteiger partial charge in [-0.05, 0) is 29.8 Å². The lowest BCUT2D eigenvalue weighted by atomic mass is 10.2. The van der Waals surface area contributed by atoms with Crippen LogP contribution in [0.25, 0.3) is 21.5 Å². The van der Waals surface area contributed by atoms with Gasteiger partial charge in [0, 0.05) is 16.0 Å². The highest BCUT2D eigenvalue weighted by molar-refractivity contribution is 7.17. The summed E-state index contributed by atoms with van der Waals surface area (Å²) in [5, 5.41) is 7.18. The van der Waals surface area contributed by atoms with Crippen LogP contribution in [0, 0.1) is 0 Å².